The average molecular weight is 483 g/mol. The van der Waals surface area contributed by atoms with Crippen molar-refractivity contribution in [3.63, 3.8) is 0 Å². The highest BCUT2D eigenvalue weighted by molar-refractivity contribution is 5.81. The molecule has 182 valence electrons. The normalized spacial score (nSPS) is 15.4. The summed E-state index contributed by atoms with van der Waals surface area (Å²) in [7, 11) is 1.89. The van der Waals surface area contributed by atoms with Gasteiger partial charge in [-0.1, -0.05) is 5.21 Å². The molecule has 11 nitrogen and oxygen atoms in total. The number of rotatable bonds is 5. The topological polar surface area (TPSA) is 124 Å². The van der Waals surface area contributed by atoms with Crippen LogP contribution < -0.4 is 10.1 Å². The molecule has 1 fully saturated rings. The maximum Gasteiger partial charge on any atom is 0.148 e. The second kappa shape index (κ2) is 8.73. The Labute approximate surface area is 207 Å². The van der Waals surface area contributed by atoms with Crippen LogP contribution in [0.15, 0.2) is 37.1 Å². The van der Waals surface area contributed by atoms with E-state index in [1.165, 1.54) is 0 Å². The Morgan fingerprint density at radius 3 is 2.81 bits per heavy atom. The van der Waals surface area contributed by atoms with Gasteiger partial charge in [-0.2, -0.15) is 15.5 Å². The highest BCUT2D eigenvalue weighted by atomic mass is 16.5. The van der Waals surface area contributed by atoms with E-state index in [2.05, 4.69) is 36.9 Å². The van der Waals surface area contributed by atoms with Gasteiger partial charge in [0.05, 0.1) is 35.8 Å². The Hall–Kier alpha value is -4.30. The Bertz CT molecular complexity index is 1620. The molecule has 0 saturated carbocycles. The quantitative estimate of drug-likeness (QED) is 0.405. The minimum Gasteiger partial charge on any atom is -0.484 e. The highest BCUT2D eigenvalue weighted by Crippen LogP contribution is 2.35. The standard InChI is InChI=1S/C25H26N10O/c1-15-24(31-32-35(15)19-4-6-27-7-5-19)17-8-23(25-18(9-26)10-30-34(25)14-17)36-16(2)20-11-28-13-22-21(20)12-29-33(22)3/h8,10-14,16,19,27H,4-7H2,1-3H3. The summed E-state index contributed by atoms with van der Waals surface area (Å²) in [5, 5.41) is 31.9. The Kier molecular flexibility index (Phi) is 5.38. The molecule has 0 amide bonds. The number of pyridine rings is 2. The van der Waals surface area contributed by atoms with Crippen molar-refractivity contribution in [3.8, 4) is 23.1 Å². The van der Waals surface area contributed by atoms with E-state index >= 15 is 0 Å². The van der Waals surface area contributed by atoms with Crippen LogP contribution in [-0.4, -0.2) is 52.5 Å². The zero-order valence-corrected chi connectivity index (χ0v) is 20.4. The fourth-order valence-electron chi connectivity index (χ4n) is 5.05. The largest absolute Gasteiger partial charge is 0.484 e. The molecule has 0 aliphatic carbocycles. The molecule has 1 unspecified atom stereocenters. The van der Waals surface area contributed by atoms with Crippen molar-refractivity contribution >= 4 is 16.4 Å². The van der Waals surface area contributed by atoms with Crippen LogP contribution in [0.5, 0.6) is 5.75 Å². The number of aryl methyl sites for hydroxylation is 1. The molecular formula is C25H26N10O. The zero-order chi connectivity index (χ0) is 24.8. The lowest BCUT2D eigenvalue weighted by Crippen LogP contribution is -2.30. The van der Waals surface area contributed by atoms with E-state index in [4.69, 9.17) is 4.74 Å². The molecule has 1 atom stereocenters. The molecule has 6 heterocycles. The smallest absolute Gasteiger partial charge is 0.148 e. The number of nitriles is 1. The number of fused-ring (bicyclic) bond motifs is 2. The minimum atomic E-state index is -0.350. The van der Waals surface area contributed by atoms with Crippen molar-refractivity contribution < 1.29 is 4.74 Å². The van der Waals surface area contributed by atoms with Crippen molar-refractivity contribution in [1.29, 1.82) is 5.26 Å². The number of nitrogens with zero attached hydrogens (tertiary/aromatic N) is 9. The van der Waals surface area contributed by atoms with Gasteiger partial charge < -0.3 is 10.1 Å². The van der Waals surface area contributed by atoms with Gasteiger partial charge in [0.25, 0.3) is 0 Å². The van der Waals surface area contributed by atoms with Gasteiger partial charge in [-0.15, -0.1) is 5.10 Å². The Balaban J connectivity index is 1.43. The Morgan fingerprint density at radius 2 is 2.00 bits per heavy atom. The third kappa shape index (κ3) is 3.58. The first-order chi connectivity index (χ1) is 17.5. The molecule has 5 aromatic rings. The molecule has 1 aliphatic heterocycles. The summed E-state index contributed by atoms with van der Waals surface area (Å²) in [5.74, 6) is 0.547. The van der Waals surface area contributed by atoms with Gasteiger partial charge >= 0.3 is 0 Å². The second-order valence-corrected chi connectivity index (χ2v) is 9.20. The number of ether oxygens (including phenoxy) is 1. The summed E-state index contributed by atoms with van der Waals surface area (Å²) in [4.78, 5) is 4.38. The predicted molar refractivity (Wildman–Crippen MR) is 132 cm³/mol. The molecule has 1 saturated heterocycles. The van der Waals surface area contributed by atoms with E-state index in [1.54, 1.807) is 27.8 Å². The first-order valence-corrected chi connectivity index (χ1v) is 12.0. The first-order valence-electron chi connectivity index (χ1n) is 12.0. The molecule has 0 aromatic carbocycles. The lowest BCUT2D eigenvalue weighted by molar-refractivity contribution is 0.230. The molecule has 1 N–H and O–H groups in total. The maximum absolute atomic E-state index is 9.71. The monoisotopic (exact) mass is 482 g/mol. The molecule has 36 heavy (non-hydrogen) atoms. The van der Waals surface area contributed by atoms with Crippen molar-refractivity contribution in [3.05, 3.63) is 53.9 Å². The van der Waals surface area contributed by atoms with Crippen molar-refractivity contribution in [2.24, 2.45) is 7.05 Å². The molecule has 5 aromatic heterocycles. The van der Waals surface area contributed by atoms with Gasteiger partial charge in [0.1, 0.15) is 34.7 Å². The van der Waals surface area contributed by atoms with Crippen LogP contribution in [-0.2, 0) is 7.05 Å². The van der Waals surface area contributed by atoms with Gasteiger partial charge in [0, 0.05) is 36.0 Å². The van der Waals surface area contributed by atoms with Gasteiger partial charge in [-0.05, 0) is 45.8 Å². The molecular weight excluding hydrogens is 456 g/mol. The number of hydrogen-bond donors (Lipinski definition) is 1. The fraction of sp³-hybridized carbons (Fsp3) is 0.360. The van der Waals surface area contributed by atoms with Crippen molar-refractivity contribution in [2.45, 2.75) is 38.8 Å². The van der Waals surface area contributed by atoms with E-state index in [-0.39, 0.29) is 6.10 Å². The third-order valence-corrected chi connectivity index (χ3v) is 7.00. The number of piperidine rings is 1. The van der Waals surface area contributed by atoms with Gasteiger partial charge in [-0.3, -0.25) is 9.67 Å². The van der Waals surface area contributed by atoms with Gasteiger partial charge in [0.2, 0.25) is 0 Å². The minimum absolute atomic E-state index is 0.328. The zero-order valence-electron chi connectivity index (χ0n) is 20.4. The van der Waals surface area contributed by atoms with E-state index < -0.39 is 0 Å². The third-order valence-electron chi connectivity index (χ3n) is 7.00. The first kappa shape index (κ1) is 22.2. The van der Waals surface area contributed by atoms with Crippen LogP contribution in [0.1, 0.15) is 48.7 Å². The van der Waals surface area contributed by atoms with Gasteiger partial charge in [0.15, 0.2) is 0 Å². The van der Waals surface area contributed by atoms with Crippen LogP contribution in [0.4, 0.5) is 0 Å². The molecule has 1 aliphatic rings. The Morgan fingerprint density at radius 1 is 1.17 bits per heavy atom. The molecule has 0 spiro atoms. The highest BCUT2D eigenvalue weighted by Gasteiger charge is 2.23. The van der Waals surface area contributed by atoms with Crippen molar-refractivity contribution in [1.82, 2.24) is 44.7 Å². The molecule has 0 bridgehead atoms. The summed E-state index contributed by atoms with van der Waals surface area (Å²) in [5.41, 5.74) is 5.49. The van der Waals surface area contributed by atoms with Crippen LogP contribution in [0.3, 0.4) is 0 Å². The summed E-state index contributed by atoms with van der Waals surface area (Å²) >= 11 is 0. The van der Waals surface area contributed by atoms with E-state index in [1.807, 2.05) is 44.0 Å². The number of hydrogen-bond acceptors (Lipinski definition) is 8. The van der Waals surface area contributed by atoms with E-state index in [0.717, 1.165) is 59.3 Å². The maximum atomic E-state index is 9.71. The molecule has 11 heteroatoms. The fourth-order valence-corrected chi connectivity index (χ4v) is 5.05. The summed E-state index contributed by atoms with van der Waals surface area (Å²) in [6, 6.07) is 4.48. The summed E-state index contributed by atoms with van der Waals surface area (Å²) < 4.78 is 12.0. The van der Waals surface area contributed by atoms with Crippen LogP contribution in [0.25, 0.3) is 27.7 Å². The van der Waals surface area contributed by atoms with Crippen molar-refractivity contribution in [2.75, 3.05) is 13.1 Å². The lowest BCUT2D eigenvalue weighted by Gasteiger charge is -2.23. The van der Waals surface area contributed by atoms with E-state index in [0.29, 0.717) is 22.9 Å². The number of aromatic nitrogens is 8. The average Bonchev–Trinajstić information content (AvgIpc) is 3.61. The number of nitrogens with one attached hydrogen (secondary N) is 1. The SMILES string of the molecule is Cc1c(-c2cc(OC(C)c3cncc4c3cnn4C)c3c(C#N)cnn3c2)nnn1C1CCNCC1. The molecule has 0 radical (unpaired) electrons. The summed E-state index contributed by atoms with van der Waals surface area (Å²) in [6.07, 6.45) is 10.5. The van der Waals surface area contributed by atoms with Crippen LogP contribution >= 0.6 is 0 Å². The van der Waals surface area contributed by atoms with Gasteiger partial charge in [-0.25, -0.2) is 9.20 Å². The predicted octanol–water partition coefficient (Wildman–Crippen LogP) is 3.12. The van der Waals surface area contributed by atoms with Crippen LogP contribution in [0, 0.1) is 18.3 Å². The summed E-state index contributed by atoms with van der Waals surface area (Å²) in [6.45, 7) is 5.96. The second-order valence-electron chi connectivity index (χ2n) is 9.20. The lowest BCUT2D eigenvalue weighted by atomic mass is 10.1. The van der Waals surface area contributed by atoms with Crippen LogP contribution in [0.2, 0.25) is 0 Å². The molecule has 6 rings (SSSR count). The van der Waals surface area contributed by atoms with E-state index in [9.17, 15) is 5.26 Å².